The largest absolute Gasteiger partial charge is 0.480 e. The van der Waals surface area contributed by atoms with Gasteiger partial charge in [0, 0.05) is 6.42 Å². The van der Waals surface area contributed by atoms with Gasteiger partial charge in [0.2, 0.25) is 0 Å². The number of aliphatic carboxylic acids is 1. The molecule has 130 valence electrons. The number of carboxylic acids is 1. The van der Waals surface area contributed by atoms with Crippen molar-refractivity contribution in [3.05, 3.63) is 71.8 Å². The van der Waals surface area contributed by atoms with Gasteiger partial charge in [0.15, 0.2) is 5.96 Å². The van der Waals surface area contributed by atoms with E-state index < -0.39 is 24.1 Å². The molecule has 0 bridgehead atoms. The summed E-state index contributed by atoms with van der Waals surface area (Å²) in [5.74, 6) is -1.55. The second kappa shape index (κ2) is 9.07. The van der Waals surface area contributed by atoms with E-state index in [1.165, 1.54) is 0 Å². The van der Waals surface area contributed by atoms with E-state index in [0.29, 0.717) is 0 Å². The summed E-state index contributed by atoms with van der Waals surface area (Å²) in [4.78, 5) is 23.0. The SMILES string of the molecule is N=C(NC(=O)OCc1ccccc1)N[C@@H](Cc1ccccc1)C(=O)O. The summed E-state index contributed by atoms with van der Waals surface area (Å²) in [6, 6.07) is 17.1. The lowest BCUT2D eigenvalue weighted by Crippen LogP contribution is -2.49. The lowest BCUT2D eigenvalue weighted by molar-refractivity contribution is -0.139. The fraction of sp³-hybridized carbons (Fsp3) is 0.167. The predicted molar refractivity (Wildman–Crippen MR) is 92.2 cm³/mol. The smallest absolute Gasteiger partial charge is 0.414 e. The highest BCUT2D eigenvalue weighted by Crippen LogP contribution is 2.04. The van der Waals surface area contributed by atoms with Gasteiger partial charge in [-0.3, -0.25) is 10.7 Å². The van der Waals surface area contributed by atoms with Crippen LogP contribution in [0.5, 0.6) is 0 Å². The van der Waals surface area contributed by atoms with Gasteiger partial charge in [0.25, 0.3) is 0 Å². The molecule has 0 spiro atoms. The molecule has 0 aliphatic carbocycles. The molecule has 25 heavy (non-hydrogen) atoms. The molecule has 0 saturated carbocycles. The predicted octanol–water partition coefficient (Wildman–Crippen LogP) is 2.13. The van der Waals surface area contributed by atoms with Crippen molar-refractivity contribution in [1.29, 1.82) is 5.41 Å². The fourth-order valence-electron chi connectivity index (χ4n) is 2.12. The number of carboxylic acid groups (broad SMARTS) is 1. The molecule has 0 aromatic heterocycles. The van der Waals surface area contributed by atoms with Crippen molar-refractivity contribution in [2.75, 3.05) is 0 Å². The molecule has 4 N–H and O–H groups in total. The minimum atomic E-state index is -1.12. The first kappa shape index (κ1) is 18.0. The van der Waals surface area contributed by atoms with E-state index in [9.17, 15) is 14.7 Å². The number of carbonyl (C=O) groups is 2. The molecule has 0 aliphatic heterocycles. The highest BCUT2D eigenvalue weighted by Gasteiger charge is 2.20. The van der Waals surface area contributed by atoms with Gasteiger partial charge in [-0.25, -0.2) is 9.59 Å². The molecule has 0 saturated heterocycles. The summed E-state index contributed by atoms with van der Waals surface area (Å²) < 4.78 is 4.98. The molecule has 7 nitrogen and oxygen atoms in total. The average Bonchev–Trinajstić information content (AvgIpc) is 2.61. The van der Waals surface area contributed by atoms with Gasteiger partial charge in [0.1, 0.15) is 12.6 Å². The summed E-state index contributed by atoms with van der Waals surface area (Å²) >= 11 is 0. The summed E-state index contributed by atoms with van der Waals surface area (Å²) in [7, 11) is 0. The van der Waals surface area contributed by atoms with E-state index in [-0.39, 0.29) is 13.0 Å². The summed E-state index contributed by atoms with van der Waals surface area (Å²) in [5.41, 5.74) is 1.62. The zero-order chi connectivity index (χ0) is 18.1. The Morgan fingerprint density at radius 2 is 1.56 bits per heavy atom. The number of amides is 1. The lowest BCUT2D eigenvalue weighted by Gasteiger charge is -2.16. The highest BCUT2D eigenvalue weighted by molar-refractivity contribution is 5.94. The maximum absolute atomic E-state index is 11.7. The van der Waals surface area contributed by atoms with Gasteiger partial charge in [0.05, 0.1) is 0 Å². The molecular weight excluding hydrogens is 322 g/mol. The Morgan fingerprint density at radius 3 is 2.12 bits per heavy atom. The highest BCUT2D eigenvalue weighted by atomic mass is 16.5. The van der Waals surface area contributed by atoms with Crippen LogP contribution in [0.3, 0.4) is 0 Å². The number of alkyl carbamates (subject to hydrolysis) is 1. The van der Waals surface area contributed by atoms with Gasteiger partial charge >= 0.3 is 12.1 Å². The zero-order valence-electron chi connectivity index (χ0n) is 13.4. The third-order valence-electron chi connectivity index (χ3n) is 3.34. The zero-order valence-corrected chi connectivity index (χ0v) is 13.4. The van der Waals surface area contributed by atoms with Crippen LogP contribution in [0.25, 0.3) is 0 Å². The van der Waals surface area contributed by atoms with Crippen molar-refractivity contribution in [2.45, 2.75) is 19.1 Å². The number of benzene rings is 2. The Labute approximate surface area is 145 Å². The molecule has 1 atom stereocenters. The maximum atomic E-state index is 11.7. The number of hydrogen-bond donors (Lipinski definition) is 4. The van der Waals surface area contributed by atoms with Gasteiger partial charge in [-0.15, -0.1) is 0 Å². The van der Waals surface area contributed by atoms with Crippen molar-refractivity contribution in [1.82, 2.24) is 10.6 Å². The third kappa shape index (κ3) is 6.34. The van der Waals surface area contributed by atoms with Gasteiger partial charge in [-0.05, 0) is 11.1 Å². The lowest BCUT2D eigenvalue weighted by atomic mass is 10.1. The van der Waals surface area contributed by atoms with Gasteiger partial charge in [-0.1, -0.05) is 60.7 Å². The Kier molecular flexibility index (Phi) is 6.53. The van der Waals surface area contributed by atoms with Crippen LogP contribution in [0.2, 0.25) is 0 Å². The van der Waals surface area contributed by atoms with Crippen LogP contribution in [0.15, 0.2) is 60.7 Å². The number of carbonyl (C=O) groups excluding carboxylic acids is 1. The van der Waals surface area contributed by atoms with Crippen molar-refractivity contribution in [3.8, 4) is 0 Å². The van der Waals surface area contributed by atoms with Crippen molar-refractivity contribution >= 4 is 18.0 Å². The molecule has 2 rings (SSSR count). The molecular formula is C18H19N3O4. The number of hydrogen-bond acceptors (Lipinski definition) is 4. The third-order valence-corrected chi connectivity index (χ3v) is 3.34. The summed E-state index contributed by atoms with van der Waals surface area (Å²) in [6.07, 6.45) is -0.649. The molecule has 0 heterocycles. The molecule has 2 aromatic carbocycles. The van der Waals surface area contributed by atoms with E-state index in [1.54, 1.807) is 36.4 Å². The number of guanidine groups is 1. The minimum absolute atomic E-state index is 0.0618. The number of nitrogens with one attached hydrogen (secondary N) is 3. The minimum Gasteiger partial charge on any atom is -0.480 e. The Hall–Kier alpha value is -3.35. The molecule has 7 heteroatoms. The van der Waals surface area contributed by atoms with E-state index >= 15 is 0 Å². The van der Waals surface area contributed by atoms with E-state index in [1.807, 2.05) is 24.3 Å². The van der Waals surface area contributed by atoms with Crippen LogP contribution in [0, 0.1) is 5.41 Å². The summed E-state index contributed by atoms with van der Waals surface area (Å²) in [6.45, 7) is 0.0618. The maximum Gasteiger partial charge on any atom is 0.414 e. The van der Waals surface area contributed by atoms with Crippen LogP contribution in [0.1, 0.15) is 11.1 Å². The second-order valence-corrected chi connectivity index (χ2v) is 5.29. The molecule has 0 radical (unpaired) electrons. The van der Waals surface area contributed by atoms with E-state index in [0.717, 1.165) is 11.1 Å². The topological polar surface area (TPSA) is 112 Å². The normalized spacial score (nSPS) is 11.2. The molecule has 0 unspecified atom stereocenters. The Bertz CT molecular complexity index is 720. The monoisotopic (exact) mass is 341 g/mol. The van der Waals surface area contributed by atoms with Crippen LogP contribution < -0.4 is 10.6 Å². The number of rotatable bonds is 6. The fourth-order valence-corrected chi connectivity index (χ4v) is 2.12. The van der Waals surface area contributed by atoms with E-state index in [2.05, 4.69) is 10.6 Å². The quantitative estimate of drug-likeness (QED) is 0.475. The Balaban J connectivity index is 1.82. The van der Waals surface area contributed by atoms with Crippen molar-refractivity contribution in [3.63, 3.8) is 0 Å². The average molecular weight is 341 g/mol. The van der Waals surface area contributed by atoms with Crippen molar-refractivity contribution in [2.24, 2.45) is 0 Å². The summed E-state index contributed by atoms with van der Waals surface area (Å²) in [5, 5.41) is 21.6. The first-order valence-electron chi connectivity index (χ1n) is 7.64. The van der Waals surface area contributed by atoms with E-state index in [4.69, 9.17) is 10.1 Å². The van der Waals surface area contributed by atoms with Crippen LogP contribution >= 0.6 is 0 Å². The molecule has 0 aliphatic rings. The van der Waals surface area contributed by atoms with Gasteiger partial charge < -0.3 is 15.2 Å². The molecule has 2 aromatic rings. The van der Waals surface area contributed by atoms with Crippen LogP contribution in [0.4, 0.5) is 4.79 Å². The van der Waals surface area contributed by atoms with Crippen LogP contribution in [-0.2, 0) is 22.6 Å². The molecule has 1 amide bonds. The Morgan fingerprint density at radius 1 is 1.00 bits per heavy atom. The first-order chi connectivity index (χ1) is 12.0. The number of ether oxygens (including phenoxy) is 1. The second-order valence-electron chi connectivity index (χ2n) is 5.29. The van der Waals surface area contributed by atoms with Crippen LogP contribution in [-0.4, -0.2) is 29.2 Å². The first-order valence-corrected chi connectivity index (χ1v) is 7.64. The molecule has 0 fully saturated rings. The van der Waals surface area contributed by atoms with Gasteiger partial charge in [-0.2, -0.15) is 0 Å². The van der Waals surface area contributed by atoms with Crippen molar-refractivity contribution < 1.29 is 19.4 Å². The standard InChI is InChI=1S/C18H19N3O4/c19-17(21-18(24)25-12-14-9-5-2-6-10-14)20-15(16(22)23)11-13-7-3-1-4-8-13/h1-10,15H,11-12H2,(H,22,23)(H3,19,20,21,24)/t15-/m0/s1.